The third-order valence-corrected chi connectivity index (χ3v) is 4.61. The summed E-state index contributed by atoms with van der Waals surface area (Å²) in [6.07, 6.45) is 1.87. The van der Waals surface area contributed by atoms with E-state index in [0.29, 0.717) is 19.4 Å². The average molecular weight is 352 g/mol. The number of benzene rings is 2. The Balaban J connectivity index is 1.89. The van der Waals surface area contributed by atoms with E-state index in [1.54, 1.807) is 0 Å². The van der Waals surface area contributed by atoms with Gasteiger partial charge in [-0.25, -0.2) is 0 Å². The highest BCUT2D eigenvalue weighted by Crippen LogP contribution is 2.10. The molecule has 0 saturated carbocycles. The maximum absolute atomic E-state index is 12.6. The molecule has 2 unspecified atom stereocenters. The molecule has 138 valence electrons. The zero-order valence-corrected chi connectivity index (χ0v) is 15.6. The van der Waals surface area contributed by atoms with Crippen LogP contribution in [0.15, 0.2) is 60.7 Å². The van der Waals surface area contributed by atoms with E-state index in [0.717, 1.165) is 17.5 Å². The van der Waals surface area contributed by atoms with Gasteiger partial charge in [-0.15, -0.1) is 0 Å². The number of hydrogen-bond donors (Lipinski definition) is 2. The molecule has 2 rings (SSSR count). The van der Waals surface area contributed by atoms with Crippen LogP contribution >= 0.6 is 0 Å². The first kappa shape index (κ1) is 19.7. The molecule has 26 heavy (non-hydrogen) atoms. The van der Waals surface area contributed by atoms with Crippen LogP contribution in [0.5, 0.6) is 0 Å². The van der Waals surface area contributed by atoms with Crippen molar-refractivity contribution in [1.29, 1.82) is 0 Å². The maximum Gasteiger partial charge on any atom is 0.243 e. The molecule has 4 nitrogen and oxygen atoms in total. The topological polar surface area (TPSA) is 58.2 Å². The lowest BCUT2D eigenvalue weighted by atomic mass is 9.97. The van der Waals surface area contributed by atoms with Crippen molar-refractivity contribution in [2.24, 2.45) is 5.92 Å². The fourth-order valence-corrected chi connectivity index (χ4v) is 2.75. The van der Waals surface area contributed by atoms with Crippen LogP contribution in [-0.2, 0) is 22.6 Å². The first-order valence-electron chi connectivity index (χ1n) is 9.25. The Labute approximate surface area is 156 Å². The van der Waals surface area contributed by atoms with E-state index in [1.807, 2.05) is 74.5 Å². The van der Waals surface area contributed by atoms with Gasteiger partial charge in [-0.3, -0.25) is 9.59 Å². The highest BCUT2D eigenvalue weighted by Gasteiger charge is 2.25. The third kappa shape index (κ3) is 6.36. The Morgan fingerprint density at radius 3 is 2.08 bits per heavy atom. The van der Waals surface area contributed by atoms with Gasteiger partial charge in [0.2, 0.25) is 11.8 Å². The zero-order valence-electron chi connectivity index (χ0n) is 15.6. The molecule has 0 spiro atoms. The summed E-state index contributed by atoms with van der Waals surface area (Å²) >= 11 is 0. The van der Waals surface area contributed by atoms with E-state index < -0.39 is 6.04 Å². The van der Waals surface area contributed by atoms with E-state index in [4.69, 9.17) is 0 Å². The molecule has 0 fully saturated rings. The van der Waals surface area contributed by atoms with Crippen LogP contribution in [0.3, 0.4) is 0 Å². The van der Waals surface area contributed by atoms with Crippen molar-refractivity contribution in [3.8, 4) is 0 Å². The second-order valence-electron chi connectivity index (χ2n) is 6.62. The zero-order chi connectivity index (χ0) is 18.8. The Morgan fingerprint density at radius 1 is 0.923 bits per heavy atom. The van der Waals surface area contributed by atoms with Gasteiger partial charge in [-0.1, -0.05) is 80.9 Å². The second kappa shape index (κ2) is 10.4. The van der Waals surface area contributed by atoms with Crippen LogP contribution in [-0.4, -0.2) is 17.9 Å². The maximum atomic E-state index is 12.6. The number of aryl methyl sites for hydroxylation is 1. The lowest BCUT2D eigenvalue weighted by Gasteiger charge is -2.23. The lowest BCUT2D eigenvalue weighted by Crippen LogP contribution is -2.50. The van der Waals surface area contributed by atoms with Crippen LogP contribution in [0.2, 0.25) is 0 Å². The Bertz CT molecular complexity index is 686. The largest absolute Gasteiger partial charge is 0.350 e. The number of nitrogens with one attached hydrogen (secondary N) is 2. The van der Waals surface area contributed by atoms with Gasteiger partial charge in [0.05, 0.1) is 0 Å². The molecule has 2 atom stereocenters. The van der Waals surface area contributed by atoms with Gasteiger partial charge in [0.1, 0.15) is 6.04 Å². The third-order valence-electron chi connectivity index (χ3n) is 4.61. The minimum atomic E-state index is -0.507. The summed E-state index contributed by atoms with van der Waals surface area (Å²) in [5.41, 5.74) is 2.16. The fraction of sp³-hybridized carbons (Fsp3) is 0.364. The average Bonchev–Trinajstić information content (AvgIpc) is 2.69. The molecule has 0 heterocycles. The Kier molecular flexibility index (Phi) is 7.87. The number of amides is 2. The van der Waals surface area contributed by atoms with Gasteiger partial charge in [-0.05, 0) is 23.5 Å². The normalized spacial score (nSPS) is 12.8. The summed E-state index contributed by atoms with van der Waals surface area (Å²) in [5.74, 6) is -0.142. The van der Waals surface area contributed by atoms with Crippen molar-refractivity contribution in [3.05, 3.63) is 71.8 Å². The van der Waals surface area contributed by atoms with Crippen molar-refractivity contribution in [3.63, 3.8) is 0 Å². The Morgan fingerprint density at radius 2 is 1.50 bits per heavy atom. The molecule has 2 amide bonds. The number of carbonyl (C=O) groups is 2. The van der Waals surface area contributed by atoms with Crippen molar-refractivity contribution < 1.29 is 9.59 Å². The summed E-state index contributed by atoms with van der Waals surface area (Å²) in [5, 5.41) is 5.86. The SMILES string of the molecule is CCC(C)C(NC(=O)CCc1ccccc1)C(=O)NCc1ccccc1. The molecular formula is C22H28N2O2. The summed E-state index contributed by atoms with van der Waals surface area (Å²) in [4.78, 5) is 24.9. The van der Waals surface area contributed by atoms with Crippen LogP contribution < -0.4 is 10.6 Å². The first-order chi connectivity index (χ1) is 12.6. The van der Waals surface area contributed by atoms with Gasteiger partial charge < -0.3 is 10.6 Å². The highest BCUT2D eigenvalue weighted by atomic mass is 16.2. The van der Waals surface area contributed by atoms with Gasteiger partial charge in [0.15, 0.2) is 0 Å². The minimum Gasteiger partial charge on any atom is -0.350 e. The van der Waals surface area contributed by atoms with E-state index in [9.17, 15) is 9.59 Å². The summed E-state index contributed by atoms with van der Waals surface area (Å²) in [7, 11) is 0. The monoisotopic (exact) mass is 352 g/mol. The highest BCUT2D eigenvalue weighted by molar-refractivity contribution is 5.87. The first-order valence-corrected chi connectivity index (χ1v) is 9.25. The van der Waals surface area contributed by atoms with Crippen molar-refractivity contribution in [2.75, 3.05) is 0 Å². The molecule has 2 N–H and O–H groups in total. The summed E-state index contributed by atoms with van der Waals surface area (Å²) in [6, 6.07) is 19.2. The van der Waals surface area contributed by atoms with E-state index in [-0.39, 0.29) is 17.7 Å². The minimum absolute atomic E-state index is 0.0754. The van der Waals surface area contributed by atoms with Crippen LogP contribution in [0.1, 0.15) is 37.8 Å². The van der Waals surface area contributed by atoms with Crippen LogP contribution in [0, 0.1) is 5.92 Å². The molecule has 0 saturated heterocycles. The van der Waals surface area contributed by atoms with E-state index in [1.165, 1.54) is 0 Å². The molecule has 0 aromatic heterocycles. The second-order valence-corrected chi connectivity index (χ2v) is 6.62. The molecule has 2 aromatic carbocycles. The summed E-state index contributed by atoms with van der Waals surface area (Å²) in [6.45, 7) is 4.48. The van der Waals surface area contributed by atoms with Crippen LogP contribution in [0.4, 0.5) is 0 Å². The molecule has 0 aliphatic heterocycles. The molecule has 0 aliphatic carbocycles. The van der Waals surface area contributed by atoms with Gasteiger partial charge >= 0.3 is 0 Å². The van der Waals surface area contributed by atoms with Gasteiger partial charge in [0.25, 0.3) is 0 Å². The van der Waals surface area contributed by atoms with E-state index in [2.05, 4.69) is 10.6 Å². The van der Waals surface area contributed by atoms with Crippen molar-refractivity contribution in [2.45, 2.75) is 45.7 Å². The number of carbonyl (C=O) groups excluding carboxylic acids is 2. The molecule has 0 bridgehead atoms. The molecule has 2 aromatic rings. The smallest absolute Gasteiger partial charge is 0.243 e. The Hall–Kier alpha value is -2.62. The fourth-order valence-electron chi connectivity index (χ4n) is 2.75. The molecular weight excluding hydrogens is 324 g/mol. The predicted molar refractivity (Wildman–Crippen MR) is 104 cm³/mol. The van der Waals surface area contributed by atoms with E-state index >= 15 is 0 Å². The molecule has 4 heteroatoms. The predicted octanol–water partition coefficient (Wildman–Crippen LogP) is 3.47. The summed E-state index contributed by atoms with van der Waals surface area (Å²) < 4.78 is 0. The van der Waals surface area contributed by atoms with Crippen molar-refractivity contribution in [1.82, 2.24) is 10.6 Å². The van der Waals surface area contributed by atoms with Gasteiger partial charge in [0, 0.05) is 13.0 Å². The number of hydrogen-bond acceptors (Lipinski definition) is 2. The lowest BCUT2D eigenvalue weighted by molar-refractivity contribution is -0.130. The molecule has 0 aliphatic rings. The van der Waals surface area contributed by atoms with Crippen molar-refractivity contribution >= 4 is 11.8 Å². The van der Waals surface area contributed by atoms with Gasteiger partial charge in [-0.2, -0.15) is 0 Å². The molecule has 0 radical (unpaired) electrons. The quantitative estimate of drug-likeness (QED) is 0.726. The van der Waals surface area contributed by atoms with Crippen LogP contribution in [0.25, 0.3) is 0 Å². The number of rotatable bonds is 9. The standard InChI is InChI=1S/C22H28N2O2/c1-3-17(2)21(22(26)23-16-19-12-8-5-9-13-19)24-20(25)15-14-18-10-6-4-7-11-18/h4-13,17,21H,3,14-16H2,1-2H3,(H,23,26)(H,24,25).